The van der Waals surface area contributed by atoms with Crippen molar-refractivity contribution in [2.24, 2.45) is 0 Å². The maximum absolute atomic E-state index is 13.0. The van der Waals surface area contributed by atoms with Gasteiger partial charge in [-0.25, -0.2) is 9.18 Å². The Bertz CT molecular complexity index is 612. The molecule has 1 aromatic carbocycles. The molecule has 0 spiro atoms. The van der Waals surface area contributed by atoms with Gasteiger partial charge in [0.05, 0.1) is 5.56 Å². The van der Waals surface area contributed by atoms with Gasteiger partial charge in [-0.1, -0.05) is 0 Å². The minimum atomic E-state index is -0.944. The van der Waals surface area contributed by atoms with E-state index in [0.717, 1.165) is 11.3 Å². The summed E-state index contributed by atoms with van der Waals surface area (Å²) in [5.41, 5.74) is 2.60. The van der Waals surface area contributed by atoms with Gasteiger partial charge in [-0.2, -0.15) is 0 Å². The number of carbonyl (C=O) groups is 1. The van der Waals surface area contributed by atoms with Crippen LogP contribution in [0.25, 0.3) is 11.3 Å². The predicted molar refractivity (Wildman–Crippen MR) is 71.9 cm³/mol. The first-order chi connectivity index (χ1) is 8.91. The number of aromatic nitrogens is 1. The molecule has 3 nitrogen and oxygen atoms in total. The van der Waals surface area contributed by atoms with Gasteiger partial charge in [0.1, 0.15) is 5.82 Å². The molecule has 2 rings (SSSR count). The highest BCUT2D eigenvalue weighted by atomic mass is 19.1. The Morgan fingerprint density at radius 2 is 1.84 bits per heavy atom. The topological polar surface area (TPSA) is 42.2 Å². The molecule has 4 heteroatoms. The lowest BCUT2D eigenvalue weighted by molar-refractivity contribution is 0.0696. The predicted octanol–water partition coefficient (Wildman–Crippen LogP) is 3.88. The fraction of sp³-hybridized carbons (Fsp3) is 0.267. The number of carboxylic acid groups (broad SMARTS) is 1. The van der Waals surface area contributed by atoms with E-state index in [4.69, 9.17) is 0 Å². The minimum Gasteiger partial charge on any atom is -0.478 e. The quantitative estimate of drug-likeness (QED) is 0.911. The summed E-state index contributed by atoms with van der Waals surface area (Å²) < 4.78 is 14.9. The van der Waals surface area contributed by atoms with Crippen LogP contribution in [0.2, 0.25) is 0 Å². The van der Waals surface area contributed by atoms with E-state index in [1.807, 2.05) is 18.4 Å². The summed E-state index contributed by atoms with van der Waals surface area (Å²) in [5.74, 6) is -1.25. The zero-order chi connectivity index (χ0) is 14.2. The lowest BCUT2D eigenvalue weighted by Crippen LogP contribution is -2.06. The molecule has 100 valence electrons. The second-order valence-corrected chi connectivity index (χ2v) is 4.80. The fourth-order valence-corrected chi connectivity index (χ4v) is 2.35. The first-order valence-corrected chi connectivity index (χ1v) is 6.13. The average molecular weight is 261 g/mol. The van der Waals surface area contributed by atoms with Gasteiger partial charge in [-0.05, 0) is 56.7 Å². The third-order valence-corrected chi connectivity index (χ3v) is 3.18. The number of rotatable bonds is 3. The number of hydrogen-bond donors (Lipinski definition) is 1. The monoisotopic (exact) mass is 261 g/mol. The van der Waals surface area contributed by atoms with E-state index in [1.54, 1.807) is 25.1 Å². The van der Waals surface area contributed by atoms with Crippen molar-refractivity contribution in [3.05, 3.63) is 47.4 Å². The normalized spacial score (nSPS) is 11.0. The molecule has 0 unspecified atom stereocenters. The summed E-state index contributed by atoms with van der Waals surface area (Å²) in [6.07, 6.45) is 0. The van der Waals surface area contributed by atoms with Crippen LogP contribution in [0.1, 0.15) is 35.9 Å². The molecule has 2 aromatic rings. The minimum absolute atomic E-state index is 0.133. The lowest BCUT2D eigenvalue weighted by atomic mass is 10.1. The van der Waals surface area contributed by atoms with Crippen LogP contribution in [0.5, 0.6) is 0 Å². The van der Waals surface area contributed by atoms with Crippen molar-refractivity contribution in [2.75, 3.05) is 0 Å². The van der Waals surface area contributed by atoms with E-state index in [-0.39, 0.29) is 17.4 Å². The summed E-state index contributed by atoms with van der Waals surface area (Å²) in [7, 11) is 0. The largest absolute Gasteiger partial charge is 0.478 e. The van der Waals surface area contributed by atoms with Crippen molar-refractivity contribution in [2.45, 2.75) is 26.8 Å². The SMILES string of the molecule is Cc1c(C(=O)O)cc(-c2ccc(F)cc2)n1C(C)C. The van der Waals surface area contributed by atoms with Gasteiger partial charge in [0.25, 0.3) is 0 Å². The van der Waals surface area contributed by atoms with Crippen LogP contribution >= 0.6 is 0 Å². The third-order valence-electron chi connectivity index (χ3n) is 3.18. The van der Waals surface area contributed by atoms with E-state index in [1.165, 1.54) is 12.1 Å². The maximum atomic E-state index is 13.0. The van der Waals surface area contributed by atoms with Gasteiger partial charge < -0.3 is 9.67 Å². The molecule has 0 aliphatic rings. The summed E-state index contributed by atoms with van der Waals surface area (Å²) in [6, 6.07) is 7.85. The van der Waals surface area contributed by atoms with Crippen LogP contribution in [0.15, 0.2) is 30.3 Å². The van der Waals surface area contributed by atoms with Crippen molar-refractivity contribution < 1.29 is 14.3 Å². The number of benzene rings is 1. The Morgan fingerprint density at radius 1 is 1.26 bits per heavy atom. The first-order valence-electron chi connectivity index (χ1n) is 6.13. The summed E-state index contributed by atoms with van der Waals surface area (Å²) in [6.45, 7) is 5.77. The lowest BCUT2D eigenvalue weighted by Gasteiger charge is -2.15. The Morgan fingerprint density at radius 3 is 2.32 bits per heavy atom. The van der Waals surface area contributed by atoms with E-state index in [2.05, 4.69) is 0 Å². The molecule has 0 radical (unpaired) electrons. The molecule has 1 N–H and O–H groups in total. The summed E-state index contributed by atoms with van der Waals surface area (Å²) in [4.78, 5) is 11.2. The Balaban J connectivity index is 2.65. The highest BCUT2D eigenvalue weighted by Gasteiger charge is 2.19. The second-order valence-electron chi connectivity index (χ2n) is 4.80. The smallest absolute Gasteiger partial charge is 0.337 e. The molecular formula is C15H16FNO2. The zero-order valence-electron chi connectivity index (χ0n) is 11.1. The standard InChI is InChI=1S/C15H16FNO2/c1-9(2)17-10(3)13(15(18)19)8-14(17)11-4-6-12(16)7-5-11/h4-9H,1-3H3,(H,18,19). The summed E-state index contributed by atoms with van der Waals surface area (Å²) in [5, 5.41) is 9.20. The van der Waals surface area contributed by atoms with Gasteiger partial charge >= 0.3 is 5.97 Å². The van der Waals surface area contributed by atoms with E-state index in [9.17, 15) is 14.3 Å². The molecule has 0 saturated heterocycles. The molecule has 0 aliphatic carbocycles. The van der Waals surface area contributed by atoms with E-state index in [0.29, 0.717) is 5.69 Å². The van der Waals surface area contributed by atoms with Gasteiger partial charge in [0.2, 0.25) is 0 Å². The molecule has 19 heavy (non-hydrogen) atoms. The average Bonchev–Trinajstić information content (AvgIpc) is 2.68. The fourth-order valence-electron chi connectivity index (χ4n) is 2.35. The van der Waals surface area contributed by atoms with Gasteiger partial charge in [0, 0.05) is 17.4 Å². The van der Waals surface area contributed by atoms with Crippen LogP contribution in [-0.2, 0) is 0 Å². The molecular weight excluding hydrogens is 245 g/mol. The van der Waals surface area contributed by atoms with Crippen LogP contribution in [0, 0.1) is 12.7 Å². The molecule has 0 atom stereocenters. The second kappa shape index (κ2) is 4.88. The highest BCUT2D eigenvalue weighted by Crippen LogP contribution is 2.29. The van der Waals surface area contributed by atoms with Gasteiger partial charge in [0.15, 0.2) is 0 Å². The molecule has 0 amide bonds. The molecule has 0 saturated carbocycles. The first kappa shape index (κ1) is 13.3. The van der Waals surface area contributed by atoms with Crippen molar-refractivity contribution in [3.8, 4) is 11.3 Å². The Kier molecular flexibility index (Phi) is 3.42. The van der Waals surface area contributed by atoms with Gasteiger partial charge in [-0.3, -0.25) is 0 Å². The molecule has 0 aliphatic heterocycles. The third kappa shape index (κ3) is 2.38. The van der Waals surface area contributed by atoms with Crippen molar-refractivity contribution >= 4 is 5.97 Å². The van der Waals surface area contributed by atoms with Crippen LogP contribution < -0.4 is 0 Å². The Labute approximate surface area is 111 Å². The number of halogens is 1. The summed E-state index contributed by atoms with van der Waals surface area (Å²) >= 11 is 0. The molecule has 0 bridgehead atoms. The van der Waals surface area contributed by atoms with Crippen molar-refractivity contribution in [1.82, 2.24) is 4.57 Å². The zero-order valence-corrected chi connectivity index (χ0v) is 11.1. The van der Waals surface area contributed by atoms with Crippen LogP contribution in [0.3, 0.4) is 0 Å². The number of carboxylic acids is 1. The molecule has 1 heterocycles. The van der Waals surface area contributed by atoms with Crippen LogP contribution in [0.4, 0.5) is 4.39 Å². The van der Waals surface area contributed by atoms with Crippen molar-refractivity contribution in [1.29, 1.82) is 0 Å². The Hall–Kier alpha value is -2.10. The molecule has 1 aromatic heterocycles. The number of hydrogen-bond acceptors (Lipinski definition) is 1. The highest BCUT2D eigenvalue weighted by molar-refractivity contribution is 5.91. The van der Waals surface area contributed by atoms with E-state index < -0.39 is 5.97 Å². The van der Waals surface area contributed by atoms with E-state index >= 15 is 0 Å². The van der Waals surface area contributed by atoms with Gasteiger partial charge in [-0.15, -0.1) is 0 Å². The number of aromatic carboxylic acids is 1. The number of nitrogens with zero attached hydrogens (tertiary/aromatic N) is 1. The molecule has 0 fully saturated rings. The maximum Gasteiger partial charge on any atom is 0.337 e. The van der Waals surface area contributed by atoms with Crippen LogP contribution in [-0.4, -0.2) is 15.6 Å². The van der Waals surface area contributed by atoms with Crippen molar-refractivity contribution in [3.63, 3.8) is 0 Å².